The SMILES string of the molecule is NC(CN1CCC2(CC1)C[C@@H](O)CCO2)=NO. The summed E-state index contributed by atoms with van der Waals surface area (Å²) in [7, 11) is 0. The molecule has 2 aliphatic rings. The lowest BCUT2D eigenvalue weighted by Gasteiger charge is -2.45. The highest BCUT2D eigenvalue weighted by Crippen LogP contribution is 2.34. The summed E-state index contributed by atoms with van der Waals surface area (Å²) < 4.78 is 5.86. The van der Waals surface area contributed by atoms with E-state index >= 15 is 0 Å². The normalized spacial score (nSPS) is 30.6. The third-order valence-electron chi connectivity index (χ3n) is 3.75. The number of likely N-dealkylation sites (tertiary alicyclic amines) is 1. The van der Waals surface area contributed by atoms with Crippen LogP contribution in [0.1, 0.15) is 25.7 Å². The second-order valence-electron chi connectivity index (χ2n) is 5.05. The number of nitrogens with two attached hydrogens (primary N) is 1. The van der Waals surface area contributed by atoms with E-state index in [2.05, 4.69) is 10.1 Å². The molecule has 0 aromatic rings. The minimum atomic E-state index is -0.223. The van der Waals surface area contributed by atoms with Crippen LogP contribution in [0.2, 0.25) is 0 Å². The maximum absolute atomic E-state index is 9.71. The Balaban J connectivity index is 1.84. The van der Waals surface area contributed by atoms with Gasteiger partial charge in [0, 0.05) is 26.1 Å². The number of nitrogens with zero attached hydrogens (tertiary/aromatic N) is 2. The van der Waals surface area contributed by atoms with Crippen molar-refractivity contribution in [3.63, 3.8) is 0 Å². The van der Waals surface area contributed by atoms with Crippen molar-refractivity contribution in [1.82, 2.24) is 4.90 Å². The summed E-state index contributed by atoms with van der Waals surface area (Å²) in [6.07, 6.45) is 3.07. The number of ether oxygens (including phenoxy) is 1. The number of hydrogen-bond acceptors (Lipinski definition) is 5. The fourth-order valence-electron chi connectivity index (χ4n) is 2.73. The molecule has 6 nitrogen and oxygen atoms in total. The monoisotopic (exact) mass is 243 g/mol. The van der Waals surface area contributed by atoms with Crippen molar-refractivity contribution in [3.05, 3.63) is 0 Å². The van der Waals surface area contributed by atoms with Crippen LogP contribution >= 0.6 is 0 Å². The molecular formula is C11H21N3O3. The summed E-state index contributed by atoms with van der Waals surface area (Å²) in [5.74, 6) is 0.241. The van der Waals surface area contributed by atoms with Crippen LogP contribution in [0.15, 0.2) is 5.16 Å². The molecule has 0 radical (unpaired) electrons. The van der Waals surface area contributed by atoms with Gasteiger partial charge in [0.05, 0.1) is 18.2 Å². The summed E-state index contributed by atoms with van der Waals surface area (Å²) in [5, 5.41) is 21.2. The molecule has 0 aliphatic carbocycles. The quantitative estimate of drug-likeness (QED) is 0.269. The molecule has 0 bridgehead atoms. The molecule has 1 spiro atoms. The predicted molar refractivity (Wildman–Crippen MR) is 63.0 cm³/mol. The molecule has 4 N–H and O–H groups in total. The molecule has 0 unspecified atom stereocenters. The molecule has 2 rings (SSSR count). The van der Waals surface area contributed by atoms with Gasteiger partial charge < -0.3 is 20.8 Å². The number of aliphatic hydroxyl groups is 1. The van der Waals surface area contributed by atoms with Gasteiger partial charge in [0.2, 0.25) is 0 Å². The zero-order valence-electron chi connectivity index (χ0n) is 10.0. The van der Waals surface area contributed by atoms with Crippen LogP contribution < -0.4 is 5.73 Å². The molecule has 2 saturated heterocycles. The van der Waals surface area contributed by atoms with Crippen LogP contribution in [-0.2, 0) is 4.74 Å². The number of hydrogen-bond donors (Lipinski definition) is 3. The van der Waals surface area contributed by atoms with Gasteiger partial charge in [0.25, 0.3) is 0 Å². The Morgan fingerprint density at radius 1 is 1.47 bits per heavy atom. The van der Waals surface area contributed by atoms with E-state index in [4.69, 9.17) is 15.7 Å². The highest BCUT2D eigenvalue weighted by Gasteiger charge is 2.39. The van der Waals surface area contributed by atoms with E-state index in [1.807, 2.05) is 0 Å². The Morgan fingerprint density at radius 3 is 2.76 bits per heavy atom. The largest absolute Gasteiger partial charge is 0.409 e. The first-order valence-corrected chi connectivity index (χ1v) is 6.14. The molecule has 0 aromatic heterocycles. The maximum Gasteiger partial charge on any atom is 0.153 e. The van der Waals surface area contributed by atoms with E-state index in [9.17, 15) is 5.11 Å². The standard InChI is InChI=1S/C11H21N3O3/c12-10(13-16)8-14-4-2-11(3-5-14)7-9(15)1-6-17-11/h9,15-16H,1-8H2,(H2,12,13)/t9-/m0/s1. The van der Waals surface area contributed by atoms with Crippen molar-refractivity contribution in [1.29, 1.82) is 0 Å². The van der Waals surface area contributed by atoms with Gasteiger partial charge in [0.15, 0.2) is 5.84 Å². The first-order chi connectivity index (χ1) is 8.13. The van der Waals surface area contributed by atoms with Crippen molar-refractivity contribution < 1.29 is 15.1 Å². The molecule has 2 fully saturated rings. The fourth-order valence-corrected chi connectivity index (χ4v) is 2.73. The van der Waals surface area contributed by atoms with E-state index in [-0.39, 0.29) is 17.5 Å². The summed E-state index contributed by atoms with van der Waals surface area (Å²) in [4.78, 5) is 2.14. The second-order valence-corrected chi connectivity index (χ2v) is 5.05. The number of rotatable bonds is 2. The van der Waals surface area contributed by atoms with Gasteiger partial charge in [-0.25, -0.2) is 0 Å². The zero-order chi connectivity index (χ0) is 12.3. The van der Waals surface area contributed by atoms with Crippen molar-refractivity contribution >= 4 is 5.84 Å². The molecule has 98 valence electrons. The lowest BCUT2D eigenvalue weighted by Crippen LogP contribution is -2.51. The molecule has 17 heavy (non-hydrogen) atoms. The first kappa shape index (κ1) is 12.6. The number of oxime groups is 1. The Morgan fingerprint density at radius 2 is 2.18 bits per heavy atom. The topological polar surface area (TPSA) is 91.3 Å². The Labute approximate surface area is 101 Å². The van der Waals surface area contributed by atoms with E-state index in [1.165, 1.54) is 0 Å². The third-order valence-corrected chi connectivity index (χ3v) is 3.75. The number of amidine groups is 1. The molecule has 2 aliphatic heterocycles. The van der Waals surface area contributed by atoms with Gasteiger partial charge in [-0.2, -0.15) is 0 Å². The first-order valence-electron chi connectivity index (χ1n) is 6.14. The summed E-state index contributed by atoms with van der Waals surface area (Å²) in [6, 6.07) is 0. The van der Waals surface area contributed by atoms with E-state index in [0.717, 1.165) is 38.8 Å². The van der Waals surface area contributed by atoms with Crippen LogP contribution in [-0.4, -0.2) is 59.0 Å². The van der Waals surface area contributed by atoms with E-state index < -0.39 is 0 Å². The lowest BCUT2D eigenvalue weighted by atomic mass is 9.83. The second kappa shape index (κ2) is 5.20. The number of aliphatic hydroxyl groups excluding tert-OH is 1. The van der Waals surface area contributed by atoms with Crippen LogP contribution in [0.4, 0.5) is 0 Å². The third kappa shape index (κ3) is 3.08. The molecule has 0 amide bonds. The maximum atomic E-state index is 9.71. The highest BCUT2D eigenvalue weighted by atomic mass is 16.5. The predicted octanol–water partition coefficient (Wildman–Crippen LogP) is -0.261. The van der Waals surface area contributed by atoms with Crippen molar-refractivity contribution in [2.45, 2.75) is 37.4 Å². The fraction of sp³-hybridized carbons (Fsp3) is 0.909. The van der Waals surface area contributed by atoms with E-state index in [1.54, 1.807) is 0 Å². The smallest absolute Gasteiger partial charge is 0.153 e. The molecule has 0 aromatic carbocycles. The van der Waals surface area contributed by atoms with Crippen LogP contribution in [0.5, 0.6) is 0 Å². The van der Waals surface area contributed by atoms with Gasteiger partial charge in [-0.05, 0) is 19.3 Å². The zero-order valence-corrected chi connectivity index (χ0v) is 10.0. The minimum absolute atomic E-state index is 0.140. The lowest BCUT2D eigenvalue weighted by molar-refractivity contribution is -0.141. The van der Waals surface area contributed by atoms with Gasteiger partial charge in [-0.1, -0.05) is 5.16 Å². The average molecular weight is 243 g/mol. The van der Waals surface area contributed by atoms with Gasteiger partial charge in [-0.3, -0.25) is 4.90 Å². The van der Waals surface area contributed by atoms with Crippen LogP contribution in [0.25, 0.3) is 0 Å². The molecule has 1 atom stereocenters. The van der Waals surface area contributed by atoms with Crippen LogP contribution in [0, 0.1) is 0 Å². The highest BCUT2D eigenvalue weighted by molar-refractivity contribution is 5.81. The van der Waals surface area contributed by atoms with Crippen molar-refractivity contribution in [2.75, 3.05) is 26.2 Å². The molecule has 2 heterocycles. The molecule has 0 saturated carbocycles. The summed E-state index contributed by atoms with van der Waals surface area (Å²) >= 11 is 0. The van der Waals surface area contributed by atoms with Gasteiger partial charge in [0.1, 0.15) is 0 Å². The Kier molecular flexibility index (Phi) is 3.86. The van der Waals surface area contributed by atoms with Crippen LogP contribution in [0.3, 0.4) is 0 Å². The number of piperidine rings is 1. The summed E-state index contributed by atoms with van der Waals surface area (Å²) in [5.41, 5.74) is 5.34. The Hall–Kier alpha value is -0.850. The molecule has 6 heteroatoms. The van der Waals surface area contributed by atoms with Gasteiger partial charge in [-0.15, -0.1) is 0 Å². The van der Waals surface area contributed by atoms with E-state index in [0.29, 0.717) is 13.2 Å². The Bertz CT molecular complexity index is 288. The van der Waals surface area contributed by atoms with Crippen molar-refractivity contribution in [2.24, 2.45) is 10.9 Å². The molecular weight excluding hydrogens is 222 g/mol. The minimum Gasteiger partial charge on any atom is -0.409 e. The van der Waals surface area contributed by atoms with Gasteiger partial charge >= 0.3 is 0 Å². The summed E-state index contributed by atoms with van der Waals surface area (Å²) in [6.45, 7) is 2.88. The van der Waals surface area contributed by atoms with Crippen molar-refractivity contribution in [3.8, 4) is 0 Å². The average Bonchev–Trinajstić information content (AvgIpc) is 2.32.